The maximum Gasteiger partial charge on any atom is 0.297 e. The Kier molecular flexibility index (Phi) is 7.00. The normalized spacial score (nSPS) is 31.1. The molecule has 0 saturated carbocycles. The molecule has 1 aliphatic rings. The molecule has 5 atom stereocenters. The number of halogens is 1. The van der Waals surface area contributed by atoms with E-state index < -0.39 is 40.8 Å². The third-order valence-electron chi connectivity index (χ3n) is 3.85. The van der Waals surface area contributed by atoms with Crippen molar-refractivity contribution in [2.75, 3.05) is 18.6 Å². The molecule has 1 saturated heterocycles. The van der Waals surface area contributed by atoms with E-state index in [9.17, 15) is 13.5 Å². The third kappa shape index (κ3) is 4.26. The van der Waals surface area contributed by atoms with Crippen molar-refractivity contribution in [1.29, 1.82) is 0 Å². The second-order valence-corrected chi connectivity index (χ2v) is 7.90. The van der Waals surface area contributed by atoms with Crippen LogP contribution in [0.1, 0.15) is 5.56 Å². The molecule has 9 heteroatoms. The molecular weight excluding hydrogens is 451 g/mol. The van der Waals surface area contributed by atoms with Crippen LogP contribution < -0.4 is 0 Å². The van der Waals surface area contributed by atoms with Gasteiger partial charge in [0.15, 0.2) is 6.29 Å². The summed E-state index contributed by atoms with van der Waals surface area (Å²) in [6, 6.07) is 6.35. The van der Waals surface area contributed by atoms with Crippen molar-refractivity contribution in [3.8, 4) is 0 Å². The van der Waals surface area contributed by atoms with Crippen LogP contribution in [-0.4, -0.2) is 62.9 Å². The third-order valence-corrected chi connectivity index (χ3v) is 6.05. The highest BCUT2D eigenvalue weighted by atomic mass is 127. The zero-order chi connectivity index (χ0) is 17.9. The largest absolute Gasteiger partial charge is 0.376 e. The van der Waals surface area contributed by atoms with Gasteiger partial charge in [-0.3, -0.25) is 4.18 Å². The van der Waals surface area contributed by atoms with E-state index >= 15 is 0 Å². The van der Waals surface area contributed by atoms with Gasteiger partial charge in [0, 0.05) is 18.6 Å². The van der Waals surface area contributed by atoms with Gasteiger partial charge in [0.05, 0.1) is 11.0 Å². The Morgan fingerprint density at radius 3 is 2.21 bits per heavy atom. The molecule has 1 fully saturated rings. The number of ether oxygens (including phenoxy) is 3. The van der Waals surface area contributed by atoms with E-state index in [0.717, 1.165) is 5.56 Å². The molecule has 0 aliphatic carbocycles. The summed E-state index contributed by atoms with van der Waals surface area (Å²) in [5.74, 6) is 0. The molecule has 0 aromatic heterocycles. The number of methoxy groups -OCH3 is 2. The summed E-state index contributed by atoms with van der Waals surface area (Å²) < 4.78 is 47.0. The first-order valence-electron chi connectivity index (χ1n) is 7.29. The molecule has 0 radical (unpaired) electrons. The van der Waals surface area contributed by atoms with Crippen LogP contribution in [-0.2, 0) is 28.5 Å². The highest BCUT2D eigenvalue weighted by Gasteiger charge is 2.48. The molecular formula is C15H21IO7S. The second-order valence-electron chi connectivity index (χ2n) is 5.45. The van der Waals surface area contributed by atoms with E-state index in [0.29, 0.717) is 4.43 Å². The highest BCUT2D eigenvalue weighted by molar-refractivity contribution is 14.1. The molecule has 0 unspecified atom stereocenters. The lowest BCUT2D eigenvalue weighted by Gasteiger charge is -2.42. The van der Waals surface area contributed by atoms with Crippen LogP contribution in [0.5, 0.6) is 0 Å². The van der Waals surface area contributed by atoms with Gasteiger partial charge in [0.2, 0.25) is 0 Å². The van der Waals surface area contributed by atoms with Gasteiger partial charge in [0.25, 0.3) is 10.1 Å². The fourth-order valence-electron chi connectivity index (χ4n) is 2.56. The number of aliphatic hydroxyl groups excluding tert-OH is 1. The molecule has 1 aromatic rings. The summed E-state index contributed by atoms with van der Waals surface area (Å²) >= 11 is 2.04. The number of hydrogen-bond donors (Lipinski definition) is 1. The van der Waals surface area contributed by atoms with Crippen LogP contribution in [0.3, 0.4) is 0 Å². The molecule has 1 aromatic carbocycles. The van der Waals surface area contributed by atoms with E-state index in [4.69, 9.17) is 18.4 Å². The van der Waals surface area contributed by atoms with Crippen molar-refractivity contribution in [2.24, 2.45) is 0 Å². The first-order valence-corrected chi connectivity index (χ1v) is 10.2. The molecule has 2 rings (SSSR count). The number of alkyl halides is 1. The van der Waals surface area contributed by atoms with Gasteiger partial charge < -0.3 is 19.3 Å². The predicted molar refractivity (Wildman–Crippen MR) is 94.6 cm³/mol. The minimum Gasteiger partial charge on any atom is -0.376 e. The van der Waals surface area contributed by atoms with Crippen molar-refractivity contribution >= 4 is 32.7 Å². The van der Waals surface area contributed by atoms with Gasteiger partial charge in [-0.15, -0.1) is 0 Å². The van der Waals surface area contributed by atoms with Gasteiger partial charge in [-0.05, 0) is 19.1 Å². The summed E-state index contributed by atoms with van der Waals surface area (Å²) in [7, 11) is -1.21. The van der Waals surface area contributed by atoms with Gasteiger partial charge in [-0.1, -0.05) is 40.3 Å². The molecule has 1 N–H and O–H groups in total. The maximum atomic E-state index is 12.6. The lowest BCUT2D eigenvalue weighted by atomic mass is 10.00. The minimum absolute atomic E-state index is 0.0512. The van der Waals surface area contributed by atoms with Crippen LogP contribution in [0.15, 0.2) is 29.2 Å². The van der Waals surface area contributed by atoms with E-state index in [-0.39, 0.29) is 4.90 Å². The zero-order valence-electron chi connectivity index (χ0n) is 13.6. The van der Waals surface area contributed by atoms with Gasteiger partial charge >= 0.3 is 0 Å². The lowest BCUT2D eigenvalue weighted by molar-refractivity contribution is -0.281. The zero-order valence-corrected chi connectivity index (χ0v) is 16.6. The van der Waals surface area contributed by atoms with E-state index in [1.807, 2.05) is 29.5 Å². The average Bonchev–Trinajstić information content (AvgIpc) is 2.55. The monoisotopic (exact) mass is 472 g/mol. The number of aryl methyl sites for hydroxylation is 1. The molecule has 0 amide bonds. The average molecular weight is 472 g/mol. The lowest BCUT2D eigenvalue weighted by Crippen LogP contribution is -2.60. The van der Waals surface area contributed by atoms with Gasteiger partial charge in [-0.25, -0.2) is 0 Å². The van der Waals surface area contributed by atoms with Crippen molar-refractivity contribution in [2.45, 2.75) is 42.5 Å². The molecule has 1 aliphatic heterocycles. The standard InChI is InChI=1S/C15H21IO7S/c1-9-4-6-10(7-5-9)24(18,19)23-12-11(8-16)22-15(17)14(21-3)13(12)20-2/h4-7,11-15,17H,8H2,1-3H3/t11-,12-,13+,14-,15+/m1/s1. The smallest absolute Gasteiger partial charge is 0.297 e. The van der Waals surface area contributed by atoms with Crippen LogP contribution in [0.25, 0.3) is 0 Å². The van der Waals surface area contributed by atoms with Gasteiger partial charge in [-0.2, -0.15) is 8.42 Å². The number of benzene rings is 1. The molecule has 7 nitrogen and oxygen atoms in total. The second kappa shape index (κ2) is 8.39. The predicted octanol–water partition coefficient (Wildman–Crippen LogP) is 1.25. The molecule has 1 heterocycles. The van der Waals surface area contributed by atoms with Gasteiger partial charge in [0.1, 0.15) is 18.3 Å². The van der Waals surface area contributed by atoms with E-state index in [2.05, 4.69) is 0 Å². The summed E-state index contributed by atoms with van der Waals surface area (Å²) in [5, 5.41) is 10.0. The fraction of sp³-hybridized carbons (Fsp3) is 0.600. The summed E-state index contributed by atoms with van der Waals surface area (Å²) in [5.41, 5.74) is 0.942. The molecule has 0 bridgehead atoms. The Bertz CT molecular complexity index is 634. The van der Waals surface area contributed by atoms with Crippen LogP contribution in [0.2, 0.25) is 0 Å². The quantitative estimate of drug-likeness (QED) is 0.379. The Labute approximate surface area is 155 Å². The number of rotatable bonds is 6. The number of hydrogen-bond acceptors (Lipinski definition) is 7. The van der Waals surface area contributed by atoms with Crippen molar-refractivity contribution < 1.29 is 31.9 Å². The summed E-state index contributed by atoms with van der Waals surface area (Å²) in [4.78, 5) is 0.0512. The Morgan fingerprint density at radius 1 is 1.12 bits per heavy atom. The molecule has 0 spiro atoms. The van der Waals surface area contributed by atoms with Crippen molar-refractivity contribution in [3.05, 3.63) is 29.8 Å². The van der Waals surface area contributed by atoms with Crippen LogP contribution >= 0.6 is 22.6 Å². The SMILES string of the molecule is CO[C@@H]1[C@@H](OC)[C@@H](O)O[C@H](CI)[C@H]1OS(=O)(=O)c1ccc(C)cc1. The molecule has 136 valence electrons. The Morgan fingerprint density at radius 2 is 1.71 bits per heavy atom. The summed E-state index contributed by atoms with van der Waals surface area (Å²) in [6.45, 7) is 1.86. The van der Waals surface area contributed by atoms with Crippen LogP contribution in [0.4, 0.5) is 0 Å². The van der Waals surface area contributed by atoms with Crippen molar-refractivity contribution in [3.63, 3.8) is 0 Å². The van der Waals surface area contributed by atoms with Crippen molar-refractivity contribution in [1.82, 2.24) is 0 Å². The maximum absolute atomic E-state index is 12.6. The van der Waals surface area contributed by atoms with E-state index in [1.54, 1.807) is 12.1 Å². The molecule has 24 heavy (non-hydrogen) atoms. The van der Waals surface area contributed by atoms with E-state index in [1.165, 1.54) is 26.4 Å². The first kappa shape index (κ1) is 20.0. The first-order chi connectivity index (χ1) is 11.3. The summed E-state index contributed by atoms with van der Waals surface area (Å²) in [6.07, 6.45) is -4.46. The number of aliphatic hydroxyl groups is 1. The topological polar surface area (TPSA) is 91.3 Å². The fourth-order valence-corrected chi connectivity index (χ4v) is 4.38. The highest BCUT2D eigenvalue weighted by Crippen LogP contribution is 2.30. The van der Waals surface area contributed by atoms with Crippen LogP contribution in [0, 0.1) is 6.92 Å². The Hall–Kier alpha value is -0.300. The minimum atomic E-state index is -4.01. The Balaban J connectivity index is 2.30.